The van der Waals surface area contributed by atoms with Crippen LogP contribution in [0.5, 0.6) is 0 Å². The average Bonchev–Trinajstić information content (AvgIpc) is 3.20. The van der Waals surface area contributed by atoms with E-state index in [0.29, 0.717) is 12.1 Å². The van der Waals surface area contributed by atoms with Gasteiger partial charge in [0.25, 0.3) is 5.56 Å². The fourth-order valence-corrected chi connectivity index (χ4v) is 4.24. The van der Waals surface area contributed by atoms with Gasteiger partial charge in [-0.3, -0.25) is 14.3 Å². The van der Waals surface area contributed by atoms with Crippen molar-refractivity contribution in [1.82, 2.24) is 19.5 Å². The number of hydrogen-bond donors (Lipinski definition) is 2. The number of nitrogens with one attached hydrogen (secondary N) is 1. The third-order valence-electron chi connectivity index (χ3n) is 3.93. The van der Waals surface area contributed by atoms with Crippen LogP contribution in [0.15, 0.2) is 23.3 Å². The summed E-state index contributed by atoms with van der Waals surface area (Å²) in [6.07, 6.45) is 5.55. The van der Waals surface area contributed by atoms with Crippen LogP contribution in [0.1, 0.15) is 26.3 Å². The number of allylic oxidation sites excluding steroid dienone is 1. The molecular weight excluding hydrogens is 361 g/mol. The maximum absolute atomic E-state index is 12.5. The molecule has 0 saturated carbocycles. The molecule has 142 valence electrons. The van der Waals surface area contributed by atoms with Crippen LogP contribution in [0.25, 0.3) is 11.2 Å². The van der Waals surface area contributed by atoms with Gasteiger partial charge in [-0.05, 0) is 13.8 Å². The number of imidazole rings is 1. The molecule has 1 aliphatic rings. The van der Waals surface area contributed by atoms with E-state index in [-0.39, 0.29) is 48.7 Å². The molecule has 1 aliphatic carbocycles. The Morgan fingerprint density at radius 3 is 2.77 bits per heavy atom. The van der Waals surface area contributed by atoms with E-state index >= 15 is 0 Å². The molecule has 2 atom stereocenters. The Balaban J connectivity index is 1.69. The van der Waals surface area contributed by atoms with E-state index < -0.39 is 7.60 Å². The van der Waals surface area contributed by atoms with Crippen molar-refractivity contribution in [3.05, 3.63) is 28.8 Å². The molecule has 0 bridgehead atoms. The number of nitrogens with two attached hydrogens (primary N) is 1. The number of H-pyrrole nitrogens is 1. The van der Waals surface area contributed by atoms with Crippen molar-refractivity contribution in [2.45, 2.75) is 32.4 Å². The molecule has 0 aromatic carbocycles. The lowest BCUT2D eigenvalue weighted by Gasteiger charge is -2.19. The van der Waals surface area contributed by atoms with Gasteiger partial charge >= 0.3 is 7.60 Å². The fraction of sp³-hybridized carbons (Fsp3) is 0.533. The predicted molar refractivity (Wildman–Crippen MR) is 96.0 cm³/mol. The summed E-state index contributed by atoms with van der Waals surface area (Å²) in [6, 6.07) is -0.0997. The lowest BCUT2D eigenvalue weighted by molar-refractivity contribution is 0.0898. The minimum atomic E-state index is -3.25. The molecule has 2 heterocycles. The molecule has 3 rings (SSSR count). The molecule has 2 aromatic rings. The summed E-state index contributed by atoms with van der Waals surface area (Å²) in [5, 5.41) is 0. The minimum Gasteiger partial charge on any atom is -0.369 e. The molecular formula is C15H22N5O5P. The Morgan fingerprint density at radius 2 is 2.08 bits per heavy atom. The second-order valence-corrected chi connectivity index (χ2v) is 7.74. The van der Waals surface area contributed by atoms with Gasteiger partial charge in [0.05, 0.1) is 31.7 Å². The van der Waals surface area contributed by atoms with Gasteiger partial charge in [0.1, 0.15) is 6.35 Å². The topological polar surface area (TPSA) is 134 Å². The number of ether oxygens (including phenoxy) is 1. The molecule has 11 heteroatoms. The normalized spacial score (nSPS) is 20.2. The molecule has 2 unspecified atom stereocenters. The first-order valence-corrected chi connectivity index (χ1v) is 10.1. The van der Waals surface area contributed by atoms with Gasteiger partial charge in [-0.25, -0.2) is 4.98 Å². The van der Waals surface area contributed by atoms with Crippen LogP contribution >= 0.6 is 7.60 Å². The van der Waals surface area contributed by atoms with Crippen LogP contribution in [-0.4, -0.2) is 45.2 Å². The van der Waals surface area contributed by atoms with Gasteiger partial charge in [-0.15, -0.1) is 0 Å². The quantitative estimate of drug-likeness (QED) is 0.521. The van der Waals surface area contributed by atoms with Crippen LogP contribution in [0.4, 0.5) is 5.95 Å². The highest BCUT2D eigenvalue weighted by Crippen LogP contribution is 2.48. The zero-order valence-corrected chi connectivity index (χ0v) is 15.5. The Hall–Kier alpha value is -2.00. The molecule has 0 saturated heterocycles. The average molecular weight is 383 g/mol. The lowest BCUT2D eigenvalue weighted by Crippen LogP contribution is -2.15. The number of nitrogen functional groups attached to an aromatic ring is 1. The second kappa shape index (κ2) is 7.71. The number of fused-ring (bicyclic) bond motifs is 1. The molecule has 0 radical (unpaired) electrons. The van der Waals surface area contributed by atoms with Crippen molar-refractivity contribution in [3.63, 3.8) is 0 Å². The SMILES string of the molecule is CCOP(=O)(COC1C=CC(n2cnc3c(=O)[nH]c(N)nc32)C1)OCC. The van der Waals surface area contributed by atoms with E-state index in [1.807, 2.05) is 12.2 Å². The Labute approximate surface area is 149 Å². The summed E-state index contributed by atoms with van der Waals surface area (Å²) in [5.74, 6) is 0.0355. The van der Waals surface area contributed by atoms with Gasteiger partial charge < -0.3 is 24.1 Å². The number of nitrogens with zero attached hydrogens (tertiary/aromatic N) is 3. The van der Waals surface area contributed by atoms with Crippen molar-refractivity contribution >= 4 is 24.7 Å². The van der Waals surface area contributed by atoms with Crippen molar-refractivity contribution in [1.29, 1.82) is 0 Å². The van der Waals surface area contributed by atoms with E-state index in [4.69, 9.17) is 19.5 Å². The maximum Gasteiger partial charge on any atom is 0.356 e. The minimum absolute atomic E-state index is 0.0355. The molecule has 0 spiro atoms. The highest BCUT2D eigenvalue weighted by atomic mass is 31.2. The molecule has 10 nitrogen and oxygen atoms in total. The van der Waals surface area contributed by atoms with E-state index in [2.05, 4.69) is 15.0 Å². The van der Waals surface area contributed by atoms with E-state index in [9.17, 15) is 9.36 Å². The summed E-state index contributed by atoms with van der Waals surface area (Å²) in [6.45, 7) is 4.07. The lowest BCUT2D eigenvalue weighted by atomic mass is 10.2. The first-order valence-electron chi connectivity index (χ1n) is 8.36. The van der Waals surface area contributed by atoms with Crippen molar-refractivity contribution < 1.29 is 18.3 Å². The molecule has 2 aromatic heterocycles. The zero-order valence-electron chi connectivity index (χ0n) is 14.6. The molecule has 0 fully saturated rings. The monoisotopic (exact) mass is 383 g/mol. The number of rotatable bonds is 8. The Morgan fingerprint density at radius 1 is 1.35 bits per heavy atom. The van der Waals surface area contributed by atoms with E-state index in [0.717, 1.165) is 0 Å². The first kappa shape index (κ1) is 18.8. The van der Waals surface area contributed by atoms with Crippen molar-refractivity contribution in [3.8, 4) is 0 Å². The number of anilines is 1. The highest BCUT2D eigenvalue weighted by Gasteiger charge is 2.29. The van der Waals surface area contributed by atoms with Gasteiger partial charge in [0.2, 0.25) is 5.95 Å². The standard InChI is InChI=1S/C15H22N5O5P/c1-3-24-26(22,25-4-2)9-23-11-6-5-10(7-11)20-8-17-12-13(20)18-15(16)19-14(12)21/h5-6,8,10-11H,3-4,7,9H2,1-2H3,(H3,16,18,19,21). The predicted octanol–water partition coefficient (Wildman–Crippen LogP) is 1.81. The highest BCUT2D eigenvalue weighted by molar-refractivity contribution is 7.53. The molecule has 0 amide bonds. The van der Waals surface area contributed by atoms with Crippen LogP contribution in [0.3, 0.4) is 0 Å². The van der Waals surface area contributed by atoms with E-state index in [1.165, 1.54) is 0 Å². The summed E-state index contributed by atoms with van der Waals surface area (Å²) in [5.41, 5.74) is 5.89. The summed E-state index contributed by atoms with van der Waals surface area (Å²) in [4.78, 5) is 22.6. The van der Waals surface area contributed by atoms with Crippen LogP contribution in [0.2, 0.25) is 0 Å². The van der Waals surface area contributed by atoms with Crippen molar-refractivity contribution in [2.75, 3.05) is 25.3 Å². The van der Waals surface area contributed by atoms with Crippen molar-refractivity contribution in [2.24, 2.45) is 0 Å². The van der Waals surface area contributed by atoms with E-state index in [1.54, 1.807) is 24.7 Å². The van der Waals surface area contributed by atoms with Gasteiger partial charge in [0, 0.05) is 6.42 Å². The Kier molecular flexibility index (Phi) is 5.57. The largest absolute Gasteiger partial charge is 0.369 e. The third-order valence-corrected chi connectivity index (χ3v) is 5.70. The smallest absolute Gasteiger partial charge is 0.356 e. The summed E-state index contributed by atoms with van der Waals surface area (Å²) >= 11 is 0. The second-order valence-electron chi connectivity index (χ2n) is 5.74. The summed E-state index contributed by atoms with van der Waals surface area (Å²) in [7, 11) is -3.25. The molecule has 0 aliphatic heterocycles. The molecule has 26 heavy (non-hydrogen) atoms. The van der Waals surface area contributed by atoms with Gasteiger partial charge in [-0.1, -0.05) is 12.2 Å². The van der Waals surface area contributed by atoms with Crippen LogP contribution in [0, 0.1) is 0 Å². The maximum atomic E-state index is 12.5. The first-order chi connectivity index (χ1) is 12.5. The van der Waals surface area contributed by atoms with Crippen LogP contribution < -0.4 is 11.3 Å². The zero-order chi connectivity index (χ0) is 18.7. The molecule has 3 N–H and O–H groups in total. The van der Waals surface area contributed by atoms with Gasteiger partial charge in [0.15, 0.2) is 11.2 Å². The van der Waals surface area contributed by atoms with Gasteiger partial charge in [-0.2, -0.15) is 4.98 Å². The number of aromatic amines is 1. The number of hydrogen-bond acceptors (Lipinski definition) is 8. The fourth-order valence-electron chi connectivity index (χ4n) is 2.86. The third kappa shape index (κ3) is 3.88. The number of aromatic nitrogens is 4. The Bertz CT molecular complexity index is 897. The summed E-state index contributed by atoms with van der Waals surface area (Å²) < 4.78 is 30.4. The van der Waals surface area contributed by atoms with Crippen LogP contribution in [-0.2, 0) is 18.3 Å².